The van der Waals surface area contributed by atoms with Gasteiger partial charge in [-0.25, -0.2) is 0 Å². The first-order valence-electron chi connectivity index (χ1n) is 6.52. The van der Waals surface area contributed by atoms with Gasteiger partial charge in [0.25, 0.3) is 5.91 Å². The Labute approximate surface area is 127 Å². The number of nitrogens with one attached hydrogen (secondary N) is 1. The predicted octanol–water partition coefficient (Wildman–Crippen LogP) is 4.46. The van der Waals surface area contributed by atoms with E-state index >= 15 is 0 Å². The van der Waals surface area contributed by atoms with E-state index in [1.165, 1.54) is 0 Å². The summed E-state index contributed by atoms with van der Waals surface area (Å²) in [5, 5.41) is 3.01. The molecule has 0 saturated heterocycles. The molecule has 4 heteroatoms. The summed E-state index contributed by atoms with van der Waals surface area (Å²) in [6.07, 6.45) is 0. The fraction of sp³-hybridized carbons (Fsp3) is 0.312. The van der Waals surface area contributed by atoms with Gasteiger partial charge in [-0.2, -0.15) is 0 Å². The van der Waals surface area contributed by atoms with E-state index in [-0.39, 0.29) is 11.9 Å². The van der Waals surface area contributed by atoms with Crippen molar-refractivity contribution in [3.8, 4) is 0 Å². The lowest BCUT2D eigenvalue weighted by Crippen LogP contribution is -2.27. The lowest BCUT2D eigenvalue weighted by Gasteiger charge is -2.14. The number of aryl methyl sites for hydroxylation is 3. The minimum absolute atomic E-state index is 0.0745. The van der Waals surface area contributed by atoms with Crippen LogP contribution < -0.4 is 5.32 Å². The number of carbonyl (C=O) groups excluding carboxylic acids is 1. The van der Waals surface area contributed by atoms with E-state index in [0.717, 1.165) is 27.1 Å². The smallest absolute Gasteiger partial charge is 0.252 e. The highest BCUT2D eigenvalue weighted by Crippen LogP contribution is 2.22. The first-order valence-corrected chi connectivity index (χ1v) is 7.31. The molecular formula is C16H18BrNO2. The van der Waals surface area contributed by atoms with Gasteiger partial charge in [0, 0.05) is 15.6 Å². The van der Waals surface area contributed by atoms with Gasteiger partial charge in [-0.15, -0.1) is 0 Å². The number of furan rings is 1. The third-order valence-corrected chi connectivity index (χ3v) is 3.83. The van der Waals surface area contributed by atoms with Crippen molar-refractivity contribution in [2.24, 2.45) is 0 Å². The summed E-state index contributed by atoms with van der Waals surface area (Å²) >= 11 is 3.40. The average Bonchev–Trinajstić information content (AvgIpc) is 2.71. The van der Waals surface area contributed by atoms with Crippen LogP contribution in [0.15, 0.2) is 33.2 Å². The molecule has 1 N–H and O–H groups in total. The monoisotopic (exact) mass is 335 g/mol. The summed E-state index contributed by atoms with van der Waals surface area (Å²) in [6, 6.07) is 7.58. The fourth-order valence-corrected chi connectivity index (χ4v) is 2.63. The molecular weight excluding hydrogens is 318 g/mol. The van der Waals surface area contributed by atoms with E-state index in [9.17, 15) is 4.79 Å². The molecule has 0 aliphatic carbocycles. The van der Waals surface area contributed by atoms with Gasteiger partial charge >= 0.3 is 0 Å². The van der Waals surface area contributed by atoms with Gasteiger partial charge in [0.2, 0.25) is 0 Å². The molecule has 0 aliphatic rings. The van der Waals surface area contributed by atoms with Crippen LogP contribution in [-0.2, 0) is 0 Å². The molecule has 0 spiro atoms. The largest absolute Gasteiger partial charge is 0.466 e. The van der Waals surface area contributed by atoms with Crippen molar-refractivity contribution < 1.29 is 9.21 Å². The molecule has 0 radical (unpaired) electrons. The zero-order valence-corrected chi connectivity index (χ0v) is 13.7. The van der Waals surface area contributed by atoms with Crippen LogP contribution in [0.5, 0.6) is 0 Å². The number of rotatable bonds is 3. The fourth-order valence-electron chi connectivity index (χ4n) is 2.27. The average molecular weight is 336 g/mol. The van der Waals surface area contributed by atoms with Crippen molar-refractivity contribution in [2.75, 3.05) is 0 Å². The van der Waals surface area contributed by atoms with Crippen LogP contribution in [0.25, 0.3) is 0 Å². The van der Waals surface area contributed by atoms with E-state index in [2.05, 4.69) is 21.2 Å². The third kappa shape index (κ3) is 3.12. The quantitative estimate of drug-likeness (QED) is 0.899. The molecule has 3 nitrogen and oxygen atoms in total. The number of hydrogen-bond acceptors (Lipinski definition) is 2. The standard InChI is InChI=1S/C16H18BrNO2/c1-9-5-6-13(17)8-14(9)16(19)18-11(3)15-7-10(2)20-12(15)4/h5-8,11H,1-4H3,(H,18,19). The zero-order chi connectivity index (χ0) is 14.9. The Hall–Kier alpha value is -1.55. The Morgan fingerprint density at radius 2 is 1.95 bits per heavy atom. The summed E-state index contributed by atoms with van der Waals surface area (Å²) in [4.78, 5) is 12.4. The highest BCUT2D eigenvalue weighted by atomic mass is 79.9. The van der Waals surface area contributed by atoms with Gasteiger partial charge in [0.05, 0.1) is 6.04 Å². The van der Waals surface area contributed by atoms with Crippen LogP contribution >= 0.6 is 15.9 Å². The number of halogens is 1. The van der Waals surface area contributed by atoms with Crippen LogP contribution in [0.3, 0.4) is 0 Å². The number of amides is 1. The second-order valence-corrected chi connectivity index (χ2v) is 5.94. The molecule has 20 heavy (non-hydrogen) atoms. The Morgan fingerprint density at radius 1 is 1.25 bits per heavy atom. The maximum Gasteiger partial charge on any atom is 0.252 e. The Morgan fingerprint density at radius 3 is 2.55 bits per heavy atom. The summed E-state index contributed by atoms with van der Waals surface area (Å²) < 4.78 is 6.41. The first-order chi connectivity index (χ1) is 9.38. The summed E-state index contributed by atoms with van der Waals surface area (Å²) in [5.74, 6) is 1.63. The summed E-state index contributed by atoms with van der Waals surface area (Å²) in [5.41, 5.74) is 2.66. The number of benzene rings is 1. The highest BCUT2D eigenvalue weighted by Gasteiger charge is 2.17. The van der Waals surface area contributed by atoms with Crippen molar-refractivity contribution in [2.45, 2.75) is 33.7 Å². The maximum absolute atomic E-state index is 12.4. The van der Waals surface area contributed by atoms with Crippen LogP contribution in [-0.4, -0.2) is 5.91 Å². The van der Waals surface area contributed by atoms with Gasteiger partial charge in [0.1, 0.15) is 11.5 Å². The van der Waals surface area contributed by atoms with Gasteiger partial charge in [-0.3, -0.25) is 4.79 Å². The second-order valence-electron chi connectivity index (χ2n) is 5.02. The number of carbonyl (C=O) groups is 1. The lowest BCUT2D eigenvalue weighted by molar-refractivity contribution is 0.0939. The van der Waals surface area contributed by atoms with Crippen molar-refractivity contribution in [3.63, 3.8) is 0 Å². The molecule has 1 unspecified atom stereocenters. The van der Waals surface area contributed by atoms with E-state index < -0.39 is 0 Å². The zero-order valence-electron chi connectivity index (χ0n) is 12.1. The Balaban J connectivity index is 2.19. The Bertz CT molecular complexity index is 646. The van der Waals surface area contributed by atoms with Gasteiger partial charge in [-0.1, -0.05) is 22.0 Å². The normalized spacial score (nSPS) is 12.2. The second kappa shape index (κ2) is 5.83. The van der Waals surface area contributed by atoms with Crippen molar-refractivity contribution in [3.05, 3.63) is 56.9 Å². The molecule has 1 aromatic carbocycles. The molecule has 0 aliphatic heterocycles. The SMILES string of the molecule is Cc1cc(C(C)NC(=O)c2cc(Br)ccc2C)c(C)o1. The molecule has 106 valence electrons. The summed E-state index contributed by atoms with van der Waals surface area (Å²) in [7, 11) is 0. The molecule has 2 rings (SSSR count). The molecule has 0 fully saturated rings. The van der Waals surface area contributed by atoms with Crippen molar-refractivity contribution in [1.29, 1.82) is 0 Å². The van der Waals surface area contributed by atoms with Crippen LogP contribution in [0.2, 0.25) is 0 Å². The topological polar surface area (TPSA) is 42.2 Å². The van der Waals surface area contributed by atoms with Crippen LogP contribution in [0.1, 0.15) is 46.0 Å². The van der Waals surface area contributed by atoms with E-state index in [0.29, 0.717) is 5.56 Å². The number of hydrogen-bond donors (Lipinski definition) is 1. The molecule has 1 aromatic heterocycles. The summed E-state index contributed by atoms with van der Waals surface area (Å²) in [6.45, 7) is 7.71. The highest BCUT2D eigenvalue weighted by molar-refractivity contribution is 9.10. The van der Waals surface area contributed by atoms with E-state index in [4.69, 9.17) is 4.42 Å². The molecule has 2 aromatic rings. The maximum atomic E-state index is 12.4. The van der Waals surface area contributed by atoms with Gasteiger partial charge < -0.3 is 9.73 Å². The molecule has 1 amide bonds. The van der Waals surface area contributed by atoms with Gasteiger partial charge in [0.15, 0.2) is 0 Å². The molecule has 0 saturated carbocycles. The van der Waals surface area contributed by atoms with Crippen LogP contribution in [0.4, 0.5) is 0 Å². The molecule has 0 bridgehead atoms. The Kier molecular flexibility index (Phi) is 4.33. The lowest BCUT2D eigenvalue weighted by atomic mass is 10.1. The van der Waals surface area contributed by atoms with Crippen molar-refractivity contribution in [1.82, 2.24) is 5.32 Å². The third-order valence-electron chi connectivity index (χ3n) is 3.34. The van der Waals surface area contributed by atoms with Crippen LogP contribution in [0, 0.1) is 20.8 Å². The van der Waals surface area contributed by atoms with E-state index in [1.54, 1.807) is 0 Å². The minimum atomic E-state index is -0.0849. The minimum Gasteiger partial charge on any atom is -0.466 e. The molecule has 1 atom stereocenters. The van der Waals surface area contributed by atoms with Crippen molar-refractivity contribution >= 4 is 21.8 Å². The van der Waals surface area contributed by atoms with Gasteiger partial charge in [-0.05, 0) is 51.5 Å². The first kappa shape index (κ1) is 14.9. The van der Waals surface area contributed by atoms with E-state index in [1.807, 2.05) is 52.0 Å². The predicted molar refractivity (Wildman–Crippen MR) is 82.9 cm³/mol. The molecule has 1 heterocycles.